The predicted octanol–water partition coefficient (Wildman–Crippen LogP) is 3.80. The molecule has 3 rings (SSSR count). The Hall–Kier alpha value is -2.64. The van der Waals surface area contributed by atoms with Gasteiger partial charge in [-0.2, -0.15) is 18.2 Å². The van der Waals surface area contributed by atoms with Crippen LogP contribution >= 0.6 is 0 Å². The van der Waals surface area contributed by atoms with Gasteiger partial charge in [-0.3, -0.25) is 4.79 Å². The number of aryl methyl sites for hydroxylation is 2. The Labute approximate surface area is 155 Å². The lowest BCUT2D eigenvalue weighted by Gasteiger charge is -2.33. The van der Waals surface area contributed by atoms with E-state index in [-0.39, 0.29) is 18.2 Å². The second-order valence-electron chi connectivity index (χ2n) is 6.57. The molecule has 1 atom stereocenters. The first-order valence-electron chi connectivity index (χ1n) is 8.68. The van der Waals surface area contributed by atoms with Crippen molar-refractivity contribution in [3.8, 4) is 5.88 Å². The van der Waals surface area contributed by atoms with Gasteiger partial charge in [0.1, 0.15) is 11.9 Å². The summed E-state index contributed by atoms with van der Waals surface area (Å²) in [5.74, 6) is 0.356. The highest BCUT2D eigenvalue weighted by atomic mass is 19.4. The monoisotopic (exact) mass is 379 g/mol. The summed E-state index contributed by atoms with van der Waals surface area (Å²) in [6, 6.07) is 6.56. The van der Waals surface area contributed by atoms with E-state index in [4.69, 9.17) is 4.74 Å². The molecule has 1 fully saturated rings. The molecule has 1 saturated heterocycles. The highest BCUT2D eigenvalue weighted by Gasteiger charge is 2.36. The first-order valence-corrected chi connectivity index (χ1v) is 8.68. The molecule has 2 aromatic rings. The van der Waals surface area contributed by atoms with Gasteiger partial charge in [-0.1, -0.05) is 12.1 Å². The highest BCUT2D eigenvalue weighted by Crippen LogP contribution is 2.32. The summed E-state index contributed by atoms with van der Waals surface area (Å²) in [5, 5.41) is 0. The molecule has 2 heterocycles. The number of benzene rings is 1. The van der Waals surface area contributed by atoms with Crippen molar-refractivity contribution in [2.75, 3.05) is 13.1 Å². The minimum Gasteiger partial charge on any atom is -0.472 e. The summed E-state index contributed by atoms with van der Waals surface area (Å²) in [6.45, 7) is 4.19. The van der Waals surface area contributed by atoms with Crippen LogP contribution < -0.4 is 4.74 Å². The third kappa shape index (κ3) is 4.56. The Morgan fingerprint density at radius 3 is 2.67 bits per heavy atom. The molecular weight excluding hydrogens is 359 g/mol. The van der Waals surface area contributed by atoms with Crippen LogP contribution in [0.1, 0.15) is 40.3 Å². The van der Waals surface area contributed by atoms with Gasteiger partial charge < -0.3 is 9.64 Å². The van der Waals surface area contributed by atoms with E-state index in [9.17, 15) is 18.0 Å². The van der Waals surface area contributed by atoms with Crippen LogP contribution in [-0.4, -0.2) is 40.0 Å². The minimum atomic E-state index is -4.58. The van der Waals surface area contributed by atoms with Crippen molar-refractivity contribution < 1.29 is 22.7 Å². The minimum absolute atomic E-state index is 0.215. The van der Waals surface area contributed by atoms with Crippen LogP contribution in [0, 0.1) is 13.8 Å². The van der Waals surface area contributed by atoms with Gasteiger partial charge in [-0.25, -0.2) is 4.98 Å². The van der Waals surface area contributed by atoms with Crippen LogP contribution in [0.15, 0.2) is 30.3 Å². The fourth-order valence-electron chi connectivity index (χ4n) is 3.22. The third-order valence-corrected chi connectivity index (χ3v) is 4.36. The molecule has 0 saturated carbocycles. The fraction of sp³-hybridized carbons (Fsp3) is 0.421. The summed E-state index contributed by atoms with van der Waals surface area (Å²) < 4.78 is 45.5. The molecule has 27 heavy (non-hydrogen) atoms. The molecule has 0 bridgehead atoms. The van der Waals surface area contributed by atoms with E-state index in [1.165, 1.54) is 23.1 Å². The number of alkyl halides is 3. The fourth-order valence-corrected chi connectivity index (χ4v) is 3.22. The zero-order valence-corrected chi connectivity index (χ0v) is 15.1. The number of hydrogen-bond acceptors (Lipinski definition) is 4. The number of carbonyl (C=O) groups is 1. The van der Waals surface area contributed by atoms with Crippen molar-refractivity contribution in [2.45, 2.75) is 39.0 Å². The SMILES string of the molecule is Cc1cc(O[C@@H]2CCCN(C(=O)c3ccccc3C(F)(F)F)C2)nc(C)n1. The van der Waals surface area contributed by atoms with Crippen LogP contribution in [0.25, 0.3) is 0 Å². The van der Waals surface area contributed by atoms with Gasteiger partial charge in [0, 0.05) is 18.3 Å². The number of nitrogens with zero attached hydrogens (tertiary/aromatic N) is 3. The van der Waals surface area contributed by atoms with E-state index < -0.39 is 17.6 Å². The Morgan fingerprint density at radius 2 is 1.96 bits per heavy atom. The average molecular weight is 379 g/mol. The quantitative estimate of drug-likeness (QED) is 0.814. The number of ether oxygens (including phenoxy) is 1. The standard InChI is InChI=1S/C19H20F3N3O2/c1-12-10-17(24-13(2)23-12)27-14-6-5-9-25(11-14)18(26)15-7-3-4-8-16(15)19(20,21)22/h3-4,7-8,10,14H,5-6,9,11H2,1-2H3/t14-/m1/s1. The van der Waals surface area contributed by atoms with Crippen molar-refractivity contribution in [3.05, 3.63) is 53.0 Å². The molecular formula is C19H20F3N3O2. The molecule has 1 aliphatic heterocycles. The Morgan fingerprint density at radius 1 is 1.22 bits per heavy atom. The molecule has 0 N–H and O–H groups in total. The van der Waals surface area contributed by atoms with Crippen LogP contribution in [0.3, 0.4) is 0 Å². The number of amides is 1. The Kier molecular flexibility index (Phi) is 5.34. The zero-order valence-electron chi connectivity index (χ0n) is 15.1. The number of rotatable bonds is 3. The molecule has 8 heteroatoms. The largest absolute Gasteiger partial charge is 0.472 e. The molecule has 5 nitrogen and oxygen atoms in total. The molecule has 1 aliphatic rings. The van der Waals surface area contributed by atoms with E-state index in [2.05, 4.69) is 9.97 Å². The molecule has 0 aliphatic carbocycles. The van der Waals surface area contributed by atoms with Crippen LogP contribution in [0.2, 0.25) is 0 Å². The highest BCUT2D eigenvalue weighted by molar-refractivity contribution is 5.96. The Balaban J connectivity index is 1.76. The molecule has 1 aromatic heterocycles. The van der Waals surface area contributed by atoms with Gasteiger partial charge in [0.25, 0.3) is 5.91 Å². The van der Waals surface area contributed by atoms with E-state index in [1.807, 2.05) is 6.92 Å². The van der Waals surface area contributed by atoms with E-state index in [0.717, 1.165) is 11.8 Å². The Bertz CT molecular complexity index is 819. The third-order valence-electron chi connectivity index (χ3n) is 4.36. The molecule has 1 amide bonds. The molecule has 0 unspecified atom stereocenters. The topological polar surface area (TPSA) is 55.3 Å². The molecule has 1 aromatic carbocycles. The van der Waals surface area contributed by atoms with Crippen molar-refractivity contribution in [1.29, 1.82) is 0 Å². The number of likely N-dealkylation sites (tertiary alicyclic amines) is 1. The number of halogens is 3. The van der Waals surface area contributed by atoms with Gasteiger partial charge >= 0.3 is 6.18 Å². The van der Waals surface area contributed by atoms with Crippen molar-refractivity contribution >= 4 is 5.91 Å². The maximum atomic E-state index is 13.2. The van der Waals surface area contributed by atoms with Crippen molar-refractivity contribution in [2.24, 2.45) is 0 Å². The second-order valence-corrected chi connectivity index (χ2v) is 6.57. The summed E-state index contributed by atoms with van der Waals surface area (Å²) in [7, 11) is 0. The van der Waals surface area contributed by atoms with E-state index in [0.29, 0.717) is 31.1 Å². The number of aromatic nitrogens is 2. The van der Waals surface area contributed by atoms with E-state index in [1.54, 1.807) is 13.0 Å². The maximum Gasteiger partial charge on any atom is 0.417 e. The first-order chi connectivity index (χ1) is 12.7. The maximum absolute atomic E-state index is 13.2. The van der Waals surface area contributed by atoms with Crippen molar-refractivity contribution in [1.82, 2.24) is 14.9 Å². The summed E-state index contributed by atoms with van der Waals surface area (Å²) in [5.41, 5.74) is -0.486. The predicted molar refractivity (Wildman–Crippen MR) is 92.5 cm³/mol. The van der Waals surface area contributed by atoms with Crippen LogP contribution in [0.5, 0.6) is 5.88 Å². The van der Waals surface area contributed by atoms with Crippen molar-refractivity contribution in [3.63, 3.8) is 0 Å². The van der Waals surface area contributed by atoms with Gasteiger partial charge in [0.05, 0.1) is 17.7 Å². The zero-order chi connectivity index (χ0) is 19.6. The van der Waals surface area contributed by atoms with Gasteiger partial charge in [-0.05, 0) is 38.8 Å². The van der Waals surface area contributed by atoms with Gasteiger partial charge in [-0.15, -0.1) is 0 Å². The summed E-state index contributed by atoms with van der Waals surface area (Å²) >= 11 is 0. The number of hydrogen-bond donors (Lipinski definition) is 0. The first kappa shape index (κ1) is 19.1. The molecule has 0 spiro atoms. The number of carbonyl (C=O) groups excluding carboxylic acids is 1. The van der Waals surface area contributed by atoms with Crippen LogP contribution in [0.4, 0.5) is 13.2 Å². The lowest BCUT2D eigenvalue weighted by atomic mass is 10.0. The van der Waals surface area contributed by atoms with E-state index >= 15 is 0 Å². The van der Waals surface area contributed by atoms with Gasteiger partial charge in [0.2, 0.25) is 5.88 Å². The second kappa shape index (κ2) is 7.54. The van der Waals surface area contributed by atoms with Gasteiger partial charge in [0.15, 0.2) is 0 Å². The summed E-state index contributed by atoms with van der Waals surface area (Å²) in [6.07, 6.45) is -3.55. The number of piperidine rings is 1. The molecule has 0 radical (unpaired) electrons. The smallest absolute Gasteiger partial charge is 0.417 e. The van der Waals surface area contributed by atoms with Crippen LogP contribution in [-0.2, 0) is 6.18 Å². The lowest BCUT2D eigenvalue weighted by Crippen LogP contribution is -2.45. The lowest BCUT2D eigenvalue weighted by molar-refractivity contribution is -0.138. The molecule has 144 valence electrons. The average Bonchev–Trinajstić information content (AvgIpc) is 2.60. The normalized spacial score (nSPS) is 17.7. The summed E-state index contributed by atoms with van der Waals surface area (Å²) in [4.78, 5) is 22.5.